The molecule has 0 spiro atoms. The third kappa shape index (κ3) is 4.06. The lowest BCUT2D eigenvalue weighted by molar-refractivity contribution is 0.0962. The number of pyridine rings is 1. The lowest BCUT2D eigenvalue weighted by Crippen LogP contribution is -2.18. The molecule has 31 heavy (non-hydrogen) atoms. The molecule has 4 rings (SSSR count). The van der Waals surface area contributed by atoms with Gasteiger partial charge in [-0.1, -0.05) is 0 Å². The highest BCUT2D eigenvalue weighted by atomic mass is 32.1. The number of amides is 2. The topological polar surface area (TPSA) is 88.9 Å². The van der Waals surface area contributed by atoms with Gasteiger partial charge in [0.1, 0.15) is 0 Å². The molecule has 0 aliphatic heterocycles. The van der Waals surface area contributed by atoms with Crippen LogP contribution < -0.4 is 10.6 Å². The number of rotatable bonds is 5. The fourth-order valence-electron chi connectivity index (χ4n) is 3.33. The summed E-state index contributed by atoms with van der Waals surface area (Å²) >= 11 is 1.64. The van der Waals surface area contributed by atoms with E-state index >= 15 is 0 Å². The Hall–Kier alpha value is -3.52. The zero-order valence-corrected chi connectivity index (χ0v) is 18.6. The van der Waals surface area contributed by atoms with Crippen LogP contribution in [-0.2, 0) is 0 Å². The highest BCUT2D eigenvalue weighted by Crippen LogP contribution is 2.31. The van der Waals surface area contributed by atoms with Crippen molar-refractivity contribution >= 4 is 39.9 Å². The van der Waals surface area contributed by atoms with Crippen LogP contribution in [0.5, 0.6) is 0 Å². The van der Waals surface area contributed by atoms with Gasteiger partial charge in [-0.2, -0.15) is 5.10 Å². The van der Waals surface area contributed by atoms with Crippen LogP contribution in [0.4, 0.5) is 5.69 Å². The lowest BCUT2D eigenvalue weighted by atomic mass is 10.1. The Morgan fingerprint density at radius 1 is 1.06 bits per heavy atom. The summed E-state index contributed by atoms with van der Waals surface area (Å²) < 4.78 is 1.83. The van der Waals surface area contributed by atoms with E-state index in [1.807, 2.05) is 43.7 Å². The minimum absolute atomic E-state index is 0.110. The first-order valence-electron chi connectivity index (χ1n) is 9.96. The number of carbonyl (C=O) groups is 2. The number of aromatic nitrogens is 3. The Morgan fingerprint density at radius 3 is 2.42 bits per heavy atom. The predicted octanol–water partition coefficient (Wildman–Crippen LogP) is 4.66. The smallest absolute Gasteiger partial charge is 0.256 e. The Kier molecular flexibility index (Phi) is 5.56. The summed E-state index contributed by atoms with van der Waals surface area (Å²) in [6, 6.07) is 12.7. The number of nitrogens with one attached hydrogen (secondary N) is 2. The molecule has 1 aromatic carbocycles. The van der Waals surface area contributed by atoms with Crippen molar-refractivity contribution in [3.05, 3.63) is 64.7 Å². The predicted molar refractivity (Wildman–Crippen MR) is 124 cm³/mol. The summed E-state index contributed by atoms with van der Waals surface area (Å²) in [6.45, 7) is 6.11. The van der Waals surface area contributed by atoms with Gasteiger partial charge >= 0.3 is 0 Å². The fourth-order valence-corrected chi connectivity index (χ4v) is 4.16. The summed E-state index contributed by atoms with van der Waals surface area (Å²) in [5.41, 5.74) is 3.06. The molecule has 0 radical (unpaired) electrons. The molecule has 2 N–H and O–H groups in total. The van der Waals surface area contributed by atoms with Gasteiger partial charge in [0.25, 0.3) is 11.8 Å². The van der Waals surface area contributed by atoms with E-state index < -0.39 is 0 Å². The second kappa shape index (κ2) is 8.31. The normalized spacial score (nSPS) is 11.1. The van der Waals surface area contributed by atoms with Crippen LogP contribution >= 0.6 is 11.3 Å². The van der Waals surface area contributed by atoms with E-state index in [1.54, 1.807) is 48.8 Å². The van der Waals surface area contributed by atoms with Gasteiger partial charge in [0, 0.05) is 29.2 Å². The van der Waals surface area contributed by atoms with Gasteiger partial charge in [0.15, 0.2) is 5.65 Å². The van der Waals surface area contributed by atoms with Crippen LogP contribution in [0.2, 0.25) is 0 Å². The van der Waals surface area contributed by atoms with Crippen molar-refractivity contribution in [1.82, 2.24) is 20.1 Å². The first-order chi connectivity index (χ1) is 14.9. The van der Waals surface area contributed by atoms with Crippen molar-refractivity contribution in [3.8, 4) is 10.6 Å². The first-order valence-corrected chi connectivity index (χ1v) is 10.8. The molecular formula is C23H23N5O2S. The molecule has 8 heteroatoms. The fraction of sp³-hybridized carbons (Fsp3) is 0.217. The Bertz CT molecular complexity index is 1270. The number of hydrogen-bond acceptors (Lipinski definition) is 5. The molecule has 0 unspecified atom stereocenters. The summed E-state index contributed by atoms with van der Waals surface area (Å²) in [6.07, 6.45) is 1.69. The molecule has 7 nitrogen and oxygen atoms in total. The molecule has 0 bridgehead atoms. The maximum atomic E-state index is 13.2. The van der Waals surface area contributed by atoms with Gasteiger partial charge in [-0.05, 0) is 63.2 Å². The average molecular weight is 434 g/mol. The number of benzene rings is 1. The molecule has 0 aliphatic rings. The molecule has 0 atom stereocenters. The lowest BCUT2D eigenvalue weighted by Gasteiger charge is -2.11. The zero-order valence-electron chi connectivity index (χ0n) is 17.8. The highest BCUT2D eigenvalue weighted by Gasteiger charge is 2.19. The molecule has 3 heterocycles. The maximum Gasteiger partial charge on any atom is 0.256 e. The number of anilines is 1. The van der Waals surface area contributed by atoms with E-state index in [2.05, 4.69) is 15.7 Å². The molecule has 0 saturated heterocycles. The van der Waals surface area contributed by atoms with Crippen molar-refractivity contribution in [1.29, 1.82) is 0 Å². The first kappa shape index (κ1) is 20.7. The maximum absolute atomic E-state index is 13.2. The van der Waals surface area contributed by atoms with Crippen molar-refractivity contribution in [2.75, 3.05) is 12.4 Å². The molecule has 3 aromatic heterocycles. The largest absolute Gasteiger partial charge is 0.355 e. The molecular weight excluding hydrogens is 410 g/mol. The van der Waals surface area contributed by atoms with E-state index in [9.17, 15) is 9.59 Å². The SMILES string of the molecule is CNC(=O)c1ccc(NC(=O)c2cc(-c3ccc(C)s3)nc3c2cnn3C(C)C)cc1. The minimum atomic E-state index is -0.252. The zero-order chi connectivity index (χ0) is 22.1. The van der Waals surface area contributed by atoms with Crippen LogP contribution in [0.1, 0.15) is 45.5 Å². The summed E-state index contributed by atoms with van der Waals surface area (Å²) in [5, 5.41) is 10.7. The number of fused-ring (bicyclic) bond motifs is 1. The van der Waals surface area contributed by atoms with Crippen LogP contribution in [0.15, 0.2) is 48.7 Å². The summed E-state index contributed by atoms with van der Waals surface area (Å²) in [5.74, 6) is -0.427. The van der Waals surface area contributed by atoms with E-state index in [-0.39, 0.29) is 17.9 Å². The Labute approximate surface area is 184 Å². The molecule has 4 aromatic rings. The van der Waals surface area contributed by atoms with Crippen molar-refractivity contribution in [3.63, 3.8) is 0 Å². The van der Waals surface area contributed by atoms with Gasteiger partial charge in [0.05, 0.1) is 27.7 Å². The second-order valence-corrected chi connectivity index (χ2v) is 8.78. The number of thiophene rings is 1. The third-order valence-electron chi connectivity index (χ3n) is 4.93. The van der Waals surface area contributed by atoms with Gasteiger partial charge in [0.2, 0.25) is 0 Å². The van der Waals surface area contributed by atoms with E-state index in [1.165, 1.54) is 4.88 Å². The molecule has 2 amide bonds. The highest BCUT2D eigenvalue weighted by molar-refractivity contribution is 7.15. The van der Waals surface area contributed by atoms with Crippen LogP contribution in [0.25, 0.3) is 21.6 Å². The average Bonchev–Trinajstić information content (AvgIpc) is 3.39. The molecule has 0 fully saturated rings. The van der Waals surface area contributed by atoms with Gasteiger partial charge < -0.3 is 10.6 Å². The number of carbonyl (C=O) groups excluding carboxylic acids is 2. The third-order valence-corrected chi connectivity index (χ3v) is 5.95. The van der Waals surface area contributed by atoms with Crippen molar-refractivity contribution < 1.29 is 9.59 Å². The molecule has 0 aliphatic carbocycles. The van der Waals surface area contributed by atoms with Gasteiger partial charge in [-0.3, -0.25) is 9.59 Å². The van der Waals surface area contributed by atoms with Gasteiger partial charge in [-0.15, -0.1) is 11.3 Å². The van der Waals surface area contributed by atoms with Crippen molar-refractivity contribution in [2.24, 2.45) is 0 Å². The second-order valence-electron chi connectivity index (χ2n) is 7.50. The Balaban J connectivity index is 1.74. The van der Waals surface area contributed by atoms with Crippen LogP contribution in [0.3, 0.4) is 0 Å². The monoisotopic (exact) mass is 433 g/mol. The van der Waals surface area contributed by atoms with Crippen LogP contribution in [-0.4, -0.2) is 33.6 Å². The summed E-state index contributed by atoms with van der Waals surface area (Å²) in [4.78, 5) is 31.9. The van der Waals surface area contributed by atoms with Gasteiger partial charge in [-0.25, -0.2) is 9.67 Å². The molecule has 0 saturated carbocycles. The van der Waals surface area contributed by atoms with Crippen molar-refractivity contribution in [2.45, 2.75) is 26.8 Å². The Morgan fingerprint density at radius 2 is 1.81 bits per heavy atom. The standard InChI is InChI=1S/C23H23N5O2S/c1-13(2)28-21-18(12-25-28)17(11-19(27-21)20-10-5-14(3)31-20)23(30)26-16-8-6-15(7-9-16)22(29)24-4/h5-13H,1-4H3,(H,24,29)(H,26,30). The minimum Gasteiger partial charge on any atom is -0.355 e. The summed E-state index contributed by atoms with van der Waals surface area (Å²) in [7, 11) is 1.58. The van der Waals surface area contributed by atoms with Crippen LogP contribution in [0, 0.1) is 6.92 Å². The number of hydrogen-bond donors (Lipinski definition) is 2. The molecule has 158 valence electrons. The van der Waals surface area contributed by atoms with E-state index in [4.69, 9.17) is 4.98 Å². The van der Waals surface area contributed by atoms with E-state index in [0.717, 1.165) is 10.6 Å². The number of aryl methyl sites for hydroxylation is 1. The number of nitrogens with zero attached hydrogens (tertiary/aromatic N) is 3. The van der Waals surface area contributed by atoms with E-state index in [0.29, 0.717) is 27.8 Å². The quantitative estimate of drug-likeness (QED) is 0.479.